The molecule has 0 bridgehead atoms. The number of carboxylic acids is 1. The minimum atomic E-state index is -2.00. The summed E-state index contributed by atoms with van der Waals surface area (Å²) in [5.41, 5.74) is -0.274. The van der Waals surface area contributed by atoms with Crippen molar-refractivity contribution < 1.29 is 49.5 Å². The summed E-state index contributed by atoms with van der Waals surface area (Å²) in [7, 11) is 0. The highest BCUT2D eigenvalue weighted by molar-refractivity contribution is 6.53. The molecule has 0 radical (unpaired) electrons. The normalized spacial score (nSPS) is 28.0. The van der Waals surface area contributed by atoms with Crippen LogP contribution in [0.5, 0.6) is 0 Å². The molecule has 7 atom stereocenters. The lowest BCUT2D eigenvalue weighted by molar-refractivity contribution is -0.384. The van der Waals surface area contributed by atoms with Gasteiger partial charge in [-0.15, -0.1) is 0 Å². The number of nitro groups is 1. The van der Waals surface area contributed by atoms with Crippen LogP contribution in [0, 0.1) is 10.1 Å². The van der Waals surface area contributed by atoms with Crippen molar-refractivity contribution in [3.05, 3.63) is 39.9 Å². The van der Waals surface area contributed by atoms with Gasteiger partial charge in [-0.25, -0.2) is 4.79 Å². The maximum atomic E-state index is 11.9. The number of benzene rings is 1. The van der Waals surface area contributed by atoms with Gasteiger partial charge in [0.25, 0.3) is 11.6 Å². The standard InChI is InChI=1S/C16H18Cl2N2O11/c17-12(18)13(25)19-14(7(21)5-1-3-6(4-2-5)20(28)29)31-16-10(24)8(22)9(23)11(30-16)15(26)27/h1-4,7-12,14,16,21-24H,(H,19,25)(H,26,27)/t7-,8-,9-,10+,11-,14-,16-/m0/s1. The number of aliphatic hydroxyl groups is 4. The fourth-order valence-electron chi connectivity index (χ4n) is 2.67. The summed E-state index contributed by atoms with van der Waals surface area (Å²) in [6, 6.07) is 4.44. The van der Waals surface area contributed by atoms with Gasteiger partial charge in [0.15, 0.2) is 23.5 Å². The van der Waals surface area contributed by atoms with Crippen LogP contribution in [0.1, 0.15) is 11.7 Å². The number of rotatable bonds is 8. The number of aliphatic hydroxyl groups excluding tert-OH is 4. The number of halogens is 2. The first-order valence-corrected chi connectivity index (χ1v) is 9.40. The first-order chi connectivity index (χ1) is 14.4. The van der Waals surface area contributed by atoms with E-state index in [0.717, 1.165) is 24.3 Å². The zero-order valence-corrected chi connectivity index (χ0v) is 16.8. The number of aliphatic carboxylic acids is 1. The van der Waals surface area contributed by atoms with E-state index in [0.29, 0.717) is 0 Å². The van der Waals surface area contributed by atoms with Crippen molar-refractivity contribution in [1.82, 2.24) is 5.32 Å². The summed E-state index contributed by atoms with van der Waals surface area (Å²) in [5, 5.41) is 62.2. The second-order valence-corrected chi connectivity index (χ2v) is 7.49. The molecule has 6 N–H and O–H groups in total. The number of nitrogens with one attached hydrogen (secondary N) is 1. The van der Waals surface area contributed by atoms with Crippen molar-refractivity contribution in [2.75, 3.05) is 0 Å². The van der Waals surface area contributed by atoms with Gasteiger partial charge in [0.05, 0.1) is 4.92 Å². The highest BCUT2D eigenvalue weighted by Gasteiger charge is 2.48. The Morgan fingerprint density at radius 1 is 1.13 bits per heavy atom. The van der Waals surface area contributed by atoms with E-state index >= 15 is 0 Å². The van der Waals surface area contributed by atoms with Gasteiger partial charge in [-0.3, -0.25) is 14.9 Å². The van der Waals surface area contributed by atoms with Crippen LogP contribution in [0.3, 0.4) is 0 Å². The highest BCUT2D eigenvalue weighted by atomic mass is 35.5. The van der Waals surface area contributed by atoms with Crippen LogP contribution in [0.15, 0.2) is 24.3 Å². The number of carbonyl (C=O) groups is 2. The third kappa shape index (κ3) is 5.99. The summed E-state index contributed by atoms with van der Waals surface area (Å²) in [4.78, 5) is 31.6. The minimum absolute atomic E-state index is 0.0114. The summed E-state index contributed by atoms with van der Waals surface area (Å²) >= 11 is 10.9. The molecular weight excluding hydrogens is 467 g/mol. The van der Waals surface area contributed by atoms with Gasteiger partial charge in [0.2, 0.25) is 0 Å². The van der Waals surface area contributed by atoms with Gasteiger partial charge < -0.3 is 40.3 Å². The number of nitrogens with zero attached hydrogens (tertiary/aromatic N) is 1. The van der Waals surface area contributed by atoms with Gasteiger partial charge >= 0.3 is 5.97 Å². The number of nitro benzene ring substituents is 1. The summed E-state index contributed by atoms with van der Waals surface area (Å²) in [5.74, 6) is -2.72. The van der Waals surface area contributed by atoms with Crippen molar-refractivity contribution in [3.8, 4) is 0 Å². The third-order valence-electron chi connectivity index (χ3n) is 4.31. The molecule has 1 amide bonds. The van der Waals surface area contributed by atoms with E-state index in [1.54, 1.807) is 0 Å². The number of ether oxygens (including phenoxy) is 2. The zero-order chi connectivity index (χ0) is 23.5. The molecule has 15 heteroatoms. The number of amides is 1. The molecule has 1 saturated heterocycles. The highest BCUT2D eigenvalue weighted by Crippen LogP contribution is 2.27. The van der Waals surface area contributed by atoms with Crippen molar-refractivity contribution in [3.63, 3.8) is 0 Å². The predicted molar refractivity (Wildman–Crippen MR) is 101 cm³/mol. The Morgan fingerprint density at radius 2 is 1.71 bits per heavy atom. The van der Waals surface area contributed by atoms with E-state index in [-0.39, 0.29) is 11.3 Å². The summed E-state index contributed by atoms with van der Waals surface area (Å²) in [6.07, 6.45) is -13.4. The van der Waals surface area contributed by atoms with Gasteiger partial charge in [-0.05, 0) is 17.7 Å². The fourth-order valence-corrected chi connectivity index (χ4v) is 2.79. The molecular formula is C16H18Cl2N2O11. The topological polar surface area (TPSA) is 209 Å². The van der Waals surface area contributed by atoms with E-state index in [1.807, 2.05) is 0 Å². The van der Waals surface area contributed by atoms with Crippen LogP contribution < -0.4 is 5.32 Å². The Bertz CT molecular complexity index is 809. The molecule has 13 nitrogen and oxygen atoms in total. The van der Waals surface area contributed by atoms with Crippen LogP contribution in [0.25, 0.3) is 0 Å². The van der Waals surface area contributed by atoms with Crippen LogP contribution in [0.2, 0.25) is 0 Å². The molecule has 0 aromatic heterocycles. The van der Waals surface area contributed by atoms with Crippen LogP contribution in [0.4, 0.5) is 5.69 Å². The second kappa shape index (κ2) is 10.5. The lowest BCUT2D eigenvalue weighted by Crippen LogP contribution is -2.62. The Balaban J connectivity index is 2.29. The Hall–Kier alpha value is -2.10. The molecule has 31 heavy (non-hydrogen) atoms. The van der Waals surface area contributed by atoms with Crippen LogP contribution in [-0.4, -0.2) is 84.1 Å². The molecule has 1 aliphatic rings. The number of carboxylic acid groups (broad SMARTS) is 1. The Kier molecular flexibility index (Phi) is 8.50. The van der Waals surface area contributed by atoms with Crippen molar-refractivity contribution in [2.45, 2.75) is 47.9 Å². The monoisotopic (exact) mass is 484 g/mol. The van der Waals surface area contributed by atoms with Crippen molar-refractivity contribution >= 4 is 40.8 Å². The molecule has 1 aromatic rings. The lowest BCUT2D eigenvalue weighted by atomic mass is 9.99. The smallest absolute Gasteiger partial charge is 0.335 e. The molecule has 1 aliphatic heterocycles. The molecule has 1 aromatic carbocycles. The molecule has 0 unspecified atom stereocenters. The maximum absolute atomic E-state index is 11.9. The molecule has 0 aliphatic carbocycles. The van der Waals surface area contributed by atoms with E-state index < -0.39 is 64.7 Å². The molecule has 1 fully saturated rings. The molecule has 0 spiro atoms. The lowest BCUT2D eigenvalue weighted by Gasteiger charge is -2.40. The SMILES string of the molecule is O=C(N[C@@H](O[C@@H]1O[C@H](C(=O)O)[C@@H](O)[C@H](O)[C@H]1O)[C@@H](O)c1ccc([N+](=O)[O-])cc1)C(Cl)Cl. The number of hydrogen-bond acceptors (Lipinski definition) is 10. The van der Waals surface area contributed by atoms with E-state index in [2.05, 4.69) is 5.32 Å². The predicted octanol–water partition coefficient (Wildman–Crippen LogP) is -1.22. The van der Waals surface area contributed by atoms with Crippen molar-refractivity contribution in [1.29, 1.82) is 0 Å². The van der Waals surface area contributed by atoms with Gasteiger partial charge in [-0.2, -0.15) is 0 Å². The van der Waals surface area contributed by atoms with E-state index in [4.69, 9.17) is 37.8 Å². The quantitative estimate of drug-likeness (QED) is 0.111. The first kappa shape index (κ1) is 25.2. The summed E-state index contributed by atoms with van der Waals surface area (Å²) in [6.45, 7) is 0. The van der Waals surface area contributed by atoms with Gasteiger partial charge in [0.1, 0.15) is 24.4 Å². The van der Waals surface area contributed by atoms with Gasteiger partial charge in [-0.1, -0.05) is 23.2 Å². The maximum Gasteiger partial charge on any atom is 0.335 e. The number of hydrogen-bond donors (Lipinski definition) is 6. The largest absolute Gasteiger partial charge is 0.479 e. The second-order valence-electron chi connectivity index (χ2n) is 6.39. The van der Waals surface area contributed by atoms with Crippen molar-refractivity contribution in [2.24, 2.45) is 0 Å². The Labute approximate surface area is 183 Å². The van der Waals surface area contributed by atoms with E-state index in [1.165, 1.54) is 0 Å². The Morgan fingerprint density at radius 3 is 2.19 bits per heavy atom. The van der Waals surface area contributed by atoms with Crippen LogP contribution >= 0.6 is 23.2 Å². The molecule has 1 heterocycles. The third-order valence-corrected chi connectivity index (χ3v) is 4.71. The zero-order valence-electron chi connectivity index (χ0n) is 15.3. The molecule has 172 valence electrons. The first-order valence-electron chi connectivity index (χ1n) is 8.53. The summed E-state index contributed by atoms with van der Waals surface area (Å²) < 4.78 is 10.2. The number of alkyl halides is 2. The van der Waals surface area contributed by atoms with E-state index in [9.17, 15) is 40.1 Å². The average Bonchev–Trinajstić information content (AvgIpc) is 2.72. The minimum Gasteiger partial charge on any atom is -0.479 e. The molecule has 0 saturated carbocycles. The molecule has 2 rings (SSSR count). The average molecular weight is 485 g/mol. The fraction of sp³-hybridized carbons (Fsp3) is 0.500. The number of carbonyl (C=O) groups excluding carboxylic acids is 1. The number of non-ortho nitro benzene ring substituents is 1. The van der Waals surface area contributed by atoms with Gasteiger partial charge in [0, 0.05) is 12.1 Å². The van der Waals surface area contributed by atoms with Crippen LogP contribution in [-0.2, 0) is 19.1 Å².